The van der Waals surface area contributed by atoms with Gasteiger partial charge >= 0.3 is 0 Å². The number of aryl methyl sites for hydroxylation is 3. The molecule has 106 valence electrons. The lowest BCUT2D eigenvalue weighted by molar-refractivity contribution is 1.09. The zero-order chi connectivity index (χ0) is 15.1. The summed E-state index contributed by atoms with van der Waals surface area (Å²) < 4.78 is 2.10. The molecule has 0 radical (unpaired) electrons. The molecule has 1 aromatic heterocycles. The van der Waals surface area contributed by atoms with Gasteiger partial charge in [0.2, 0.25) is 0 Å². The summed E-state index contributed by atoms with van der Waals surface area (Å²) in [6.45, 7) is 6.24. The van der Waals surface area contributed by atoms with Gasteiger partial charge in [-0.25, -0.2) is 4.98 Å². The number of nitrogens with zero attached hydrogens (tertiary/aromatic N) is 2. The van der Waals surface area contributed by atoms with Gasteiger partial charge in [0.05, 0.1) is 11.0 Å². The van der Waals surface area contributed by atoms with Gasteiger partial charge in [0.25, 0.3) is 0 Å². The van der Waals surface area contributed by atoms with E-state index in [-0.39, 0.29) is 0 Å². The number of hydrogen-bond acceptors (Lipinski definition) is 2. The van der Waals surface area contributed by atoms with Crippen molar-refractivity contribution in [3.63, 3.8) is 0 Å². The molecule has 0 aliphatic carbocycles. The molecule has 0 bridgehead atoms. The Morgan fingerprint density at radius 1 is 1.05 bits per heavy atom. The van der Waals surface area contributed by atoms with Crippen LogP contribution in [0.5, 0.6) is 0 Å². The number of thiocarbonyl (C=S) groups is 1. The predicted octanol–water partition coefficient (Wildman–Crippen LogP) is 3.58. The summed E-state index contributed by atoms with van der Waals surface area (Å²) in [5, 5.41) is 0. The maximum atomic E-state index is 5.72. The summed E-state index contributed by atoms with van der Waals surface area (Å²) in [5.41, 5.74) is 13.4. The van der Waals surface area contributed by atoms with Crippen LogP contribution in [-0.4, -0.2) is 14.5 Å². The van der Waals surface area contributed by atoms with Crippen LogP contribution in [0.1, 0.15) is 22.3 Å². The summed E-state index contributed by atoms with van der Waals surface area (Å²) in [5.74, 6) is 0. The lowest BCUT2D eigenvalue weighted by atomic mass is 10.1. The van der Waals surface area contributed by atoms with Crippen LogP contribution in [0, 0.1) is 20.8 Å². The van der Waals surface area contributed by atoms with E-state index in [4.69, 9.17) is 18.0 Å². The van der Waals surface area contributed by atoms with Gasteiger partial charge in [-0.05, 0) is 67.8 Å². The highest BCUT2D eigenvalue weighted by molar-refractivity contribution is 7.80. The molecule has 0 spiro atoms. The number of hydrogen-bond donors (Lipinski definition) is 1. The molecule has 0 fully saturated rings. The molecular formula is C17H17N3S. The third-order valence-electron chi connectivity index (χ3n) is 3.92. The topological polar surface area (TPSA) is 43.8 Å². The zero-order valence-electron chi connectivity index (χ0n) is 12.3. The number of imidazole rings is 1. The molecule has 0 atom stereocenters. The smallest absolute Gasteiger partial charge is 0.104 e. The fraction of sp³-hybridized carbons (Fsp3) is 0.176. The average molecular weight is 295 g/mol. The van der Waals surface area contributed by atoms with Gasteiger partial charge in [0, 0.05) is 11.3 Å². The quantitative estimate of drug-likeness (QED) is 0.735. The summed E-state index contributed by atoms with van der Waals surface area (Å²) in [6, 6.07) is 10.4. The Balaban J connectivity index is 2.19. The van der Waals surface area contributed by atoms with Crippen molar-refractivity contribution in [3.8, 4) is 5.69 Å². The normalized spacial score (nSPS) is 11.0. The number of aromatic nitrogens is 2. The highest BCUT2D eigenvalue weighted by Gasteiger charge is 2.09. The lowest BCUT2D eigenvalue weighted by Gasteiger charge is -2.09. The minimum atomic E-state index is 0.431. The largest absolute Gasteiger partial charge is 0.389 e. The number of benzene rings is 2. The Morgan fingerprint density at radius 2 is 1.76 bits per heavy atom. The SMILES string of the molecule is Cc1cc2ncn(-c3ccc(C(N)=S)c(C)c3)c2cc1C. The van der Waals surface area contributed by atoms with Crippen LogP contribution >= 0.6 is 12.2 Å². The predicted molar refractivity (Wildman–Crippen MR) is 91.2 cm³/mol. The molecule has 0 saturated carbocycles. The van der Waals surface area contributed by atoms with Crippen molar-refractivity contribution in [3.05, 3.63) is 58.9 Å². The van der Waals surface area contributed by atoms with E-state index in [2.05, 4.69) is 41.6 Å². The van der Waals surface area contributed by atoms with E-state index in [0.717, 1.165) is 27.8 Å². The van der Waals surface area contributed by atoms with Crippen molar-refractivity contribution in [1.82, 2.24) is 9.55 Å². The second-order valence-corrected chi connectivity index (χ2v) is 5.84. The Kier molecular flexibility index (Phi) is 3.26. The average Bonchev–Trinajstić information content (AvgIpc) is 2.81. The molecule has 1 heterocycles. The van der Waals surface area contributed by atoms with E-state index in [1.165, 1.54) is 11.1 Å². The van der Waals surface area contributed by atoms with Crippen molar-refractivity contribution >= 4 is 28.2 Å². The van der Waals surface area contributed by atoms with Crippen LogP contribution in [0.15, 0.2) is 36.7 Å². The Morgan fingerprint density at radius 3 is 2.43 bits per heavy atom. The summed E-state index contributed by atoms with van der Waals surface area (Å²) >= 11 is 5.06. The van der Waals surface area contributed by atoms with Crippen molar-refractivity contribution in [2.24, 2.45) is 5.73 Å². The second kappa shape index (κ2) is 4.97. The van der Waals surface area contributed by atoms with Gasteiger partial charge in [0.15, 0.2) is 0 Å². The van der Waals surface area contributed by atoms with Crippen molar-refractivity contribution in [2.75, 3.05) is 0 Å². The zero-order valence-corrected chi connectivity index (χ0v) is 13.2. The van der Waals surface area contributed by atoms with Gasteiger partial charge in [0.1, 0.15) is 11.3 Å². The first-order valence-corrected chi connectivity index (χ1v) is 7.23. The van der Waals surface area contributed by atoms with E-state index in [0.29, 0.717) is 4.99 Å². The summed E-state index contributed by atoms with van der Waals surface area (Å²) in [6.07, 6.45) is 1.86. The van der Waals surface area contributed by atoms with Crippen LogP contribution in [0.3, 0.4) is 0 Å². The molecule has 3 nitrogen and oxygen atoms in total. The maximum Gasteiger partial charge on any atom is 0.104 e. The van der Waals surface area contributed by atoms with Crippen LogP contribution in [0.4, 0.5) is 0 Å². The minimum absolute atomic E-state index is 0.431. The number of nitrogens with two attached hydrogens (primary N) is 1. The fourth-order valence-electron chi connectivity index (χ4n) is 2.54. The van der Waals surface area contributed by atoms with Crippen molar-refractivity contribution in [1.29, 1.82) is 0 Å². The van der Waals surface area contributed by atoms with Crippen LogP contribution in [-0.2, 0) is 0 Å². The van der Waals surface area contributed by atoms with Gasteiger partial charge in [-0.2, -0.15) is 0 Å². The fourth-order valence-corrected chi connectivity index (χ4v) is 2.77. The van der Waals surface area contributed by atoms with Gasteiger partial charge in [-0.3, -0.25) is 4.57 Å². The highest BCUT2D eigenvalue weighted by atomic mass is 32.1. The van der Waals surface area contributed by atoms with Gasteiger partial charge in [-0.1, -0.05) is 12.2 Å². The Hall–Kier alpha value is -2.20. The first-order valence-electron chi connectivity index (χ1n) is 6.82. The lowest BCUT2D eigenvalue weighted by Crippen LogP contribution is -2.11. The third-order valence-corrected chi connectivity index (χ3v) is 4.14. The van der Waals surface area contributed by atoms with Gasteiger partial charge < -0.3 is 5.73 Å². The summed E-state index contributed by atoms with van der Waals surface area (Å²) in [4.78, 5) is 4.93. The number of fused-ring (bicyclic) bond motifs is 1. The molecule has 0 unspecified atom stereocenters. The molecule has 3 aromatic rings. The molecule has 0 aliphatic heterocycles. The molecule has 21 heavy (non-hydrogen) atoms. The van der Waals surface area contributed by atoms with E-state index in [1.54, 1.807) is 0 Å². The van der Waals surface area contributed by atoms with Crippen LogP contribution < -0.4 is 5.73 Å². The molecule has 0 saturated heterocycles. The third kappa shape index (κ3) is 2.32. The summed E-state index contributed by atoms with van der Waals surface area (Å²) in [7, 11) is 0. The van der Waals surface area contributed by atoms with Crippen molar-refractivity contribution < 1.29 is 0 Å². The van der Waals surface area contributed by atoms with Crippen LogP contribution in [0.2, 0.25) is 0 Å². The van der Waals surface area contributed by atoms with E-state index in [9.17, 15) is 0 Å². The van der Waals surface area contributed by atoms with Crippen molar-refractivity contribution in [2.45, 2.75) is 20.8 Å². The second-order valence-electron chi connectivity index (χ2n) is 5.40. The molecule has 2 aromatic carbocycles. The Bertz CT molecular complexity index is 862. The molecule has 4 heteroatoms. The molecule has 0 amide bonds. The first-order chi connectivity index (χ1) is 9.97. The van der Waals surface area contributed by atoms with Crippen LogP contribution in [0.25, 0.3) is 16.7 Å². The number of rotatable bonds is 2. The van der Waals surface area contributed by atoms with Gasteiger partial charge in [-0.15, -0.1) is 0 Å². The minimum Gasteiger partial charge on any atom is -0.389 e. The highest BCUT2D eigenvalue weighted by Crippen LogP contribution is 2.23. The monoisotopic (exact) mass is 295 g/mol. The molecule has 3 rings (SSSR count). The van der Waals surface area contributed by atoms with E-state index >= 15 is 0 Å². The first kappa shape index (κ1) is 13.8. The maximum absolute atomic E-state index is 5.72. The molecular weight excluding hydrogens is 278 g/mol. The Labute approximate surface area is 129 Å². The standard InChI is InChI=1S/C17H17N3S/c1-10-7-15-16(8-11(10)2)20(9-19-15)13-4-5-14(17(18)21)12(3)6-13/h4-9H,1-3H3,(H2,18,21). The molecule has 0 aliphatic rings. The van der Waals surface area contributed by atoms with E-state index in [1.807, 2.05) is 25.4 Å². The van der Waals surface area contributed by atoms with E-state index < -0.39 is 0 Å². The molecule has 2 N–H and O–H groups in total.